The third-order valence-corrected chi connectivity index (χ3v) is 3.66. The van der Waals surface area contributed by atoms with Crippen LogP contribution >= 0.6 is 11.6 Å². The summed E-state index contributed by atoms with van der Waals surface area (Å²) in [5.41, 5.74) is 1.45. The summed E-state index contributed by atoms with van der Waals surface area (Å²) in [6.45, 7) is 0. The van der Waals surface area contributed by atoms with E-state index in [1.54, 1.807) is 30.3 Å². The summed E-state index contributed by atoms with van der Waals surface area (Å²) in [4.78, 5) is 26.7. The largest absolute Gasteiger partial charge is 0.321 e. The van der Waals surface area contributed by atoms with Crippen LogP contribution in [0.2, 0.25) is 5.02 Å². The Bertz CT molecular complexity index is 960. The molecule has 0 fully saturated rings. The number of halogens is 1. The average Bonchev–Trinajstić information content (AvgIpc) is 2.55. The van der Waals surface area contributed by atoms with E-state index in [1.165, 1.54) is 12.2 Å². The van der Waals surface area contributed by atoms with Gasteiger partial charge in [-0.05, 0) is 35.7 Å². The summed E-state index contributed by atoms with van der Waals surface area (Å²) in [6.07, 6.45) is 2.79. The molecule has 1 aromatic heterocycles. The van der Waals surface area contributed by atoms with Gasteiger partial charge in [-0.25, -0.2) is 0 Å². The van der Waals surface area contributed by atoms with E-state index in [4.69, 9.17) is 11.6 Å². The molecule has 5 heteroatoms. The van der Waals surface area contributed by atoms with Gasteiger partial charge in [0, 0.05) is 17.2 Å². The second-order valence-electron chi connectivity index (χ2n) is 4.94. The first-order chi connectivity index (χ1) is 11.1. The molecule has 3 aromatic rings. The molecule has 4 nitrogen and oxygen atoms in total. The van der Waals surface area contributed by atoms with Crippen LogP contribution in [0.3, 0.4) is 0 Å². The predicted octanol–water partition coefficient (Wildman–Crippen LogP) is 3.83. The number of carbonyl (C=O) groups is 1. The molecule has 0 aliphatic rings. The van der Waals surface area contributed by atoms with Crippen molar-refractivity contribution in [2.45, 2.75) is 0 Å². The zero-order valence-corrected chi connectivity index (χ0v) is 12.8. The zero-order valence-electron chi connectivity index (χ0n) is 12.0. The third kappa shape index (κ3) is 3.49. The quantitative estimate of drug-likeness (QED) is 0.719. The Hall–Kier alpha value is -2.85. The number of anilines is 1. The van der Waals surface area contributed by atoms with Gasteiger partial charge in [0.15, 0.2) is 0 Å². The minimum Gasteiger partial charge on any atom is -0.321 e. The highest BCUT2D eigenvalue weighted by molar-refractivity contribution is 6.33. The average molecular weight is 325 g/mol. The number of nitrogens with one attached hydrogen (secondary N) is 2. The monoisotopic (exact) mass is 324 g/mol. The van der Waals surface area contributed by atoms with Gasteiger partial charge >= 0.3 is 0 Å². The fraction of sp³-hybridized carbons (Fsp3) is 0. The predicted molar refractivity (Wildman–Crippen MR) is 93.7 cm³/mol. The normalized spacial score (nSPS) is 11.0. The molecule has 0 aliphatic heterocycles. The first-order valence-corrected chi connectivity index (χ1v) is 7.37. The standard InChI is InChI=1S/C18H13ClN2O2/c19-14-6-2-4-8-16(14)20-17(22)10-9-13-11-12-5-1-3-7-15(12)21-18(13)23/h1-11H,(H,20,22)(H,21,23)/b10-9+. The Morgan fingerprint density at radius 1 is 1.09 bits per heavy atom. The highest BCUT2D eigenvalue weighted by atomic mass is 35.5. The topological polar surface area (TPSA) is 62.0 Å². The molecule has 1 amide bonds. The molecule has 0 radical (unpaired) electrons. The number of amides is 1. The molecule has 0 saturated heterocycles. The molecule has 114 valence electrons. The summed E-state index contributed by atoms with van der Waals surface area (Å²) >= 11 is 5.98. The van der Waals surface area contributed by atoms with E-state index in [1.807, 2.05) is 24.3 Å². The molecule has 2 aromatic carbocycles. The summed E-state index contributed by atoms with van der Waals surface area (Å²) < 4.78 is 0. The lowest BCUT2D eigenvalue weighted by molar-refractivity contribution is -0.111. The molecule has 0 atom stereocenters. The fourth-order valence-corrected chi connectivity index (χ4v) is 2.37. The first kappa shape index (κ1) is 15.1. The molecule has 0 saturated carbocycles. The smallest absolute Gasteiger partial charge is 0.255 e. The number of aromatic amines is 1. The second kappa shape index (κ2) is 6.50. The molecule has 2 N–H and O–H groups in total. The van der Waals surface area contributed by atoms with Crippen molar-refractivity contribution in [3.05, 3.63) is 81.6 Å². The Morgan fingerprint density at radius 3 is 2.65 bits per heavy atom. The van der Waals surface area contributed by atoms with Gasteiger partial charge in [-0.15, -0.1) is 0 Å². The van der Waals surface area contributed by atoms with E-state index in [0.717, 1.165) is 10.9 Å². The van der Waals surface area contributed by atoms with Gasteiger partial charge in [0.25, 0.3) is 5.56 Å². The number of carbonyl (C=O) groups excluding carboxylic acids is 1. The van der Waals surface area contributed by atoms with Crippen LogP contribution in [-0.2, 0) is 4.79 Å². The first-order valence-electron chi connectivity index (χ1n) is 6.99. The van der Waals surface area contributed by atoms with Crippen LogP contribution in [-0.4, -0.2) is 10.9 Å². The van der Waals surface area contributed by atoms with Gasteiger partial charge in [-0.2, -0.15) is 0 Å². The van der Waals surface area contributed by atoms with Crippen molar-refractivity contribution in [3.8, 4) is 0 Å². The van der Waals surface area contributed by atoms with Gasteiger partial charge in [0.2, 0.25) is 5.91 Å². The van der Waals surface area contributed by atoms with Crippen LogP contribution in [0.15, 0.2) is 65.5 Å². The van der Waals surface area contributed by atoms with Crippen LogP contribution < -0.4 is 10.9 Å². The molecule has 0 spiro atoms. The Balaban J connectivity index is 1.82. The minimum absolute atomic E-state index is 0.245. The van der Waals surface area contributed by atoms with Crippen molar-refractivity contribution in [2.75, 3.05) is 5.32 Å². The van der Waals surface area contributed by atoms with Crippen LogP contribution in [0.5, 0.6) is 0 Å². The zero-order chi connectivity index (χ0) is 16.2. The number of hydrogen-bond acceptors (Lipinski definition) is 2. The number of aromatic nitrogens is 1. The van der Waals surface area contributed by atoms with E-state index in [-0.39, 0.29) is 11.5 Å². The lowest BCUT2D eigenvalue weighted by Gasteiger charge is -2.03. The highest BCUT2D eigenvalue weighted by Gasteiger charge is 2.03. The molecule has 0 bridgehead atoms. The van der Waals surface area contributed by atoms with Crippen molar-refractivity contribution >= 4 is 40.2 Å². The van der Waals surface area contributed by atoms with Gasteiger partial charge < -0.3 is 10.3 Å². The van der Waals surface area contributed by atoms with Crippen LogP contribution in [0, 0.1) is 0 Å². The summed E-state index contributed by atoms with van der Waals surface area (Å²) in [7, 11) is 0. The number of para-hydroxylation sites is 2. The Labute approximate surface area is 137 Å². The number of benzene rings is 2. The van der Waals surface area contributed by atoms with Gasteiger partial charge in [-0.1, -0.05) is 41.9 Å². The third-order valence-electron chi connectivity index (χ3n) is 3.33. The molecular weight excluding hydrogens is 312 g/mol. The maximum Gasteiger partial charge on any atom is 0.255 e. The second-order valence-corrected chi connectivity index (χ2v) is 5.35. The number of H-pyrrole nitrogens is 1. The van der Waals surface area contributed by atoms with Gasteiger partial charge in [0.1, 0.15) is 0 Å². The lowest BCUT2D eigenvalue weighted by Crippen LogP contribution is -2.11. The van der Waals surface area contributed by atoms with Crippen LogP contribution in [0.4, 0.5) is 5.69 Å². The number of rotatable bonds is 3. The molecule has 0 aliphatic carbocycles. The van der Waals surface area contributed by atoms with E-state index in [9.17, 15) is 9.59 Å². The van der Waals surface area contributed by atoms with Gasteiger partial charge in [-0.3, -0.25) is 9.59 Å². The molecule has 1 heterocycles. The number of hydrogen-bond donors (Lipinski definition) is 2. The summed E-state index contributed by atoms with van der Waals surface area (Å²) in [6, 6.07) is 16.2. The number of fused-ring (bicyclic) bond motifs is 1. The van der Waals surface area contributed by atoms with Crippen molar-refractivity contribution in [1.82, 2.24) is 4.98 Å². The van der Waals surface area contributed by atoms with E-state index >= 15 is 0 Å². The molecule has 3 rings (SSSR count). The van der Waals surface area contributed by atoms with Crippen molar-refractivity contribution in [1.29, 1.82) is 0 Å². The van der Waals surface area contributed by atoms with Crippen molar-refractivity contribution in [2.24, 2.45) is 0 Å². The van der Waals surface area contributed by atoms with E-state index < -0.39 is 0 Å². The highest BCUT2D eigenvalue weighted by Crippen LogP contribution is 2.20. The Kier molecular flexibility index (Phi) is 4.26. The molecular formula is C18H13ClN2O2. The minimum atomic E-state index is -0.356. The maximum atomic E-state index is 12.0. The molecule has 23 heavy (non-hydrogen) atoms. The maximum absolute atomic E-state index is 12.0. The fourth-order valence-electron chi connectivity index (χ4n) is 2.19. The molecule has 0 unspecified atom stereocenters. The van der Waals surface area contributed by atoms with Gasteiger partial charge in [0.05, 0.1) is 10.7 Å². The summed E-state index contributed by atoms with van der Waals surface area (Å²) in [5.74, 6) is -0.356. The lowest BCUT2D eigenvalue weighted by atomic mass is 10.1. The van der Waals surface area contributed by atoms with E-state index in [2.05, 4.69) is 10.3 Å². The van der Waals surface area contributed by atoms with E-state index in [0.29, 0.717) is 16.3 Å². The summed E-state index contributed by atoms with van der Waals surface area (Å²) in [5, 5.41) is 4.02. The van der Waals surface area contributed by atoms with Crippen molar-refractivity contribution < 1.29 is 4.79 Å². The van der Waals surface area contributed by atoms with Crippen LogP contribution in [0.1, 0.15) is 5.56 Å². The number of pyridine rings is 1. The Morgan fingerprint density at radius 2 is 1.83 bits per heavy atom. The van der Waals surface area contributed by atoms with Crippen molar-refractivity contribution in [3.63, 3.8) is 0 Å². The van der Waals surface area contributed by atoms with Crippen LogP contribution in [0.25, 0.3) is 17.0 Å². The SMILES string of the molecule is O=C(/C=C/c1cc2ccccc2[nH]c1=O)Nc1ccccc1Cl.